The number of hydrogen-bond donors (Lipinski definition) is 1. The molecule has 1 amide bonds. The number of hydrogen-bond acceptors (Lipinski definition) is 3. The summed E-state index contributed by atoms with van der Waals surface area (Å²) in [5, 5.41) is 2.80. The van der Waals surface area contributed by atoms with E-state index in [1.807, 2.05) is 18.2 Å². The van der Waals surface area contributed by atoms with Gasteiger partial charge in [-0.2, -0.15) is 0 Å². The van der Waals surface area contributed by atoms with Gasteiger partial charge in [-0.1, -0.05) is 38.8 Å². The lowest BCUT2D eigenvalue weighted by atomic mass is 9.99. The third-order valence-electron chi connectivity index (χ3n) is 3.83. The number of benzene rings is 1. The van der Waals surface area contributed by atoms with Gasteiger partial charge in [-0.05, 0) is 18.1 Å². The van der Waals surface area contributed by atoms with Crippen molar-refractivity contribution < 1.29 is 14.3 Å². The van der Waals surface area contributed by atoms with E-state index in [1.54, 1.807) is 6.07 Å². The molecule has 2 unspecified atom stereocenters. The van der Waals surface area contributed by atoms with Gasteiger partial charge in [0.2, 0.25) is 6.10 Å². The quantitative estimate of drug-likeness (QED) is 0.822. The number of fused-ring (bicyclic) bond motifs is 1. The van der Waals surface area contributed by atoms with Crippen molar-refractivity contribution in [2.24, 2.45) is 5.92 Å². The van der Waals surface area contributed by atoms with E-state index in [2.05, 4.69) is 19.2 Å². The van der Waals surface area contributed by atoms with Gasteiger partial charge in [-0.15, -0.1) is 11.6 Å². The number of nitrogens with one attached hydrogen (secondary N) is 1. The van der Waals surface area contributed by atoms with E-state index in [0.29, 0.717) is 24.0 Å². The number of rotatable bonds is 6. The molecule has 1 aliphatic heterocycles. The summed E-state index contributed by atoms with van der Waals surface area (Å²) in [6, 6.07) is 7.34. The van der Waals surface area contributed by atoms with Crippen LogP contribution in [0.4, 0.5) is 0 Å². The maximum atomic E-state index is 12.1. The van der Waals surface area contributed by atoms with Gasteiger partial charge in [0.15, 0.2) is 11.5 Å². The molecule has 1 N–H and O–H groups in total. The first-order valence-electron chi connectivity index (χ1n) is 7.46. The van der Waals surface area contributed by atoms with Crippen LogP contribution in [0.15, 0.2) is 24.3 Å². The van der Waals surface area contributed by atoms with Gasteiger partial charge in [-0.3, -0.25) is 4.79 Å². The minimum absolute atomic E-state index is 0.0549. The summed E-state index contributed by atoms with van der Waals surface area (Å²) >= 11 is 6.32. The molecule has 0 saturated heterocycles. The van der Waals surface area contributed by atoms with Gasteiger partial charge < -0.3 is 14.8 Å². The molecule has 5 heteroatoms. The Labute approximate surface area is 130 Å². The Bertz CT molecular complexity index is 476. The molecule has 1 heterocycles. The highest BCUT2D eigenvalue weighted by Crippen LogP contribution is 2.30. The molecule has 0 bridgehead atoms. The van der Waals surface area contributed by atoms with Crippen LogP contribution in [0.5, 0.6) is 11.5 Å². The van der Waals surface area contributed by atoms with E-state index in [4.69, 9.17) is 21.1 Å². The monoisotopic (exact) mass is 311 g/mol. The summed E-state index contributed by atoms with van der Waals surface area (Å²) in [7, 11) is 0. The molecular formula is C16H22ClNO3. The number of carbonyl (C=O) groups is 1. The molecular weight excluding hydrogens is 290 g/mol. The molecule has 0 aromatic heterocycles. The van der Waals surface area contributed by atoms with Crippen LogP contribution in [0, 0.1) is 5.92 Å². The van der Waals surface area contributed by atoms with Crippen LogP contribution in [-0.2, 0) is 4.79 Å². The Morgan fingerprint density at radius 3 is 2.67 bits per heavy atom. The van der Waals surface area contributed by atoms with E-state index < -0.39 is 6.10 Å². The SMILES string of the molecule is CCC(CC)C(Cl)CNC(=O)C1COc2ccccc2O1. The molecule has 2 rings (SSSR count). The first kappa shape index (κ1) is 16.0. The van der Waals surface area contributed by atoms with Crippen molar-refractivity contribution in [2.75, 3.05) is 13.2 Å². The zero-order chi connectivity index (χ0) is 15.2. The summed E-state index contributed by atoms with van der Waals surface area (Å²) < 4.78 is 11.2. The number of alkyl halides is 1. The standard InChI is InChI=1S/C16H22ClNO3/c1-3-11(4-2)12(17)9-18-16(19)15-10-20-13-7-5-6-8-14(13)21-15/h5-8,11-12,15H,3-4,9-10H2,1-2H3,(H,18,19). The van der Waals surface area contributed by atoms with E-state index in [1.165, 1.54) is 0 Å². The second-order valence-corrected chi connectivity index (χ2v) is 5.76. The van der Waals surface area contributed by atoms with E-state index in [9.17, 15) is 4.79 Å². The van der Waals surface area contributed by atoms with Crippen LogP contribution < -0.4 is 14.8 Å². The smallest absolute Gasteiger partial charge is 0.264 e. The van der Waals surface area contributed by atoms with Gasteiger partial charge >= 0.3 is 0 Å². The summed E-state index contributed by atoms with van der Waals surface area (Å²) in [6.45, 7) is 4.90. The van der Waals surface area contributed by atoms with E-state index >= 15 is 0 Å². The van der Waals surface area contributed by atoms with Crippen LogP contribution in [0.1, 0.15) is 26.7 Å². The predicted octanol–water partition coefficient (Wildman–Crippen LogP) is 2.99. The average molecular weight is 312 g/mol. The summed E-state index contributed by atoms with van der Waals surface area (Å²) in [4.78, 5) is 12.1. The fraction of sp³-hybridized carbons (Fsp3) is 0.562. The molecule has 1 aliphatic rings. The van der Waals surface area contributed by atoms with Crippen LogP contribution in [0.25, 0.3) is 0 Å². The van der Waals surface area contributed by atoms with Crippen LogP contribution in [0.2, 0.25) is 0 Å². The molecule has 0 spiro atoms. The maximum Gasteiger partial charge on any atom is 0.264 e. The fourth-order valence-electron chi connectivity index (χ4n) is 2.43. The van der Waals surface area contributed by atoms with Crippen molar-refractivity contribution in [3.05, 3.63) is 24.3 Å². The molecule has 21 heavy (non-hydrogen) atoms. The largest absolute Gasteiger partial charge is 0.485 e. The van der Waals surface area contributed by atoms with Crippen LogP contribution in [-0.4, -0.2) is 30.5 Å². The minimum Gasteiger partial charge on any atom is -0.485 e. The Kier molecular flexibility index (Phi) is 5.74. The lowest BCUT2D eigenvalue weighted by molar-refractivity contribution is -0.130. The van der Waals surface area contributed by atoms with E-state index in [0.717, 1.165) is 12.8 Å². The van der Waals surface area contributed by atoms with Crippen LogP contribution in [0.3, 0.4) is 0 Å². The Morgan fingerprint density at radius 2 is 2.00 bits per heavy atom. The second-order valence-electron chi connectivity index (χ2n) is 5.20. The van der Waals surface area contributed by atoms with Crippen molar-refractivity contribution in [3.63, 3.8) is 0 Å². The Morgan fingerprint density at radius 1 is 1.33 bits per heavy atom. The van der Waals surface area contributed by atoms with Gasteiger partial charge in [0.25, 0.3) is 5.91 Å². The molecule has 116 valence electrons. The molecule has 0 fully saturated rings. The lowest BCUT2D eigenvalue weighted by Crippen LogP contribution is -2.46. The summed E-state index contributed by atoms with van der Waals surface area (Å²) in [5.74, 6) is 1.51. The van der Waals surface area contributed by atoms with Gasteiger partial charge in [0.05, 0.1) is 5.38 Å². The third-order valence-corrected chi connectivity index (χ3v) is 4.34. The molecule has 0 saturated carbocycles. The van der Waals surface area contributed by atoms with E-state index in [-0.39, 0.29) is 17.9 Å². The van der Waals surface area contributed by atoms with Crippen molar-refractivity contribution in [1.29, 1.82) is 0 Å². The van der Waals surface area contributed by atoms with Gasteiger partial charge in [0.1, 0.15) is 6.61 Å². The second kappa shape index (κ2) is 7.55. The first-order valence-corrected chi connectivity index (χ1v) is 7.89. The summed E-state index contributed by atoms with van der Waals surface area (Å²) in [5.41, 5.74) is 0. The van der Waals surface area contributed by atoms with Crippen molar-refractivity contribution in [3.8, 4) is 11.5 Å². The number of para-hydroxylation sites is 2. The Hall–Kier alpha value is -1.42. The van der Waals surface area contributed by atoms with Gasteiger partial charge in [0, 0.05) is 6.54 Å². The zero-order valence-corrected chi connectivity index (χ0v) is 13.2. The lowest BCUT2D eigenvalue weighted by Gasteiger charge is -2.26. The summed E-state index contributed by atoms with van der Waals surface area (Å²) in [6.07, 6.45) is 1.40. The fourth-order valence-corrected chi connectivity index (χ4v) is 2.86. The minimum atomic E-state index is -0.620. The molecule has 1 aromatic carbocycles. The van der Waals surface area contributed by atoms with Gasteiger partial charge in [-0.25, -0.2) is 0 Å². The average Bonchev–Trinajstić information content (AvgIpc) is 2.53. The van der Waals surface area contributed by atoms with Crippen molar-refractivity contribution in [1.82, 2.24) is 5.32 Å². The molecule has 0 radical (unpaired) electrons. The van der Waals surface area contributed by atoms with Crippen molar-refractivity contribution in [2.45, 2.75) is 38.2 Å². The molecule has 1 aromatic rings. The zero-order valence-electron chi connectivity index (χ0n) is 12.5. The Balaban J connectivity index is 1.85. The molecule has 4 nitrogen and oxygen atoms in total. The third kappa shape index (κ3) is 4.03. The highest BCUT2D eigenvalue weighted by atomic mass is 35.5. The number of halogens is 1. The predicted molar refractivity (Wildman–Crippen MR) is 83.1 cm³/mol. The topological polar surface area (TPSA) is 47.6 Å². The van der Waals surface area contributed by atoms with Crippen molar-refractivity contribution >= 4 is 17.5 Å². The number of ether oxygens (including phenoxy) is 2. The van der Waals surface area contributed by atoms with Crippen LogP contribution >= 0.6 is 11.6 Å². The number of amides is 1. The molecule has 2 atom stereocenters. The normalized spacial score (nSPS) is 18.4. The number of carbonyl (C=O) groups excluding carboxylic acids is 1. The maximum absolute atomic E-state index is 12.1. The first-order chi connectivity index (χ1) is 10.2. The molecule has 0 aliphatic carbocycles. The highest BCUT2D eigenvalue weighted by Gasteiger charge is 2.28. The highest BCUT2D eigenvalue weighted by molar-refractivity contribution is 6.21.